The van der Waals surface area contributed by atoms with Crippen molar-refractivity contribution in [1.82, 2.24) is 15.8 Å². The third-order valence-corrected chi connectivity index (χ3v) is 4.97. The number of carbonyl (C=O) groups is 3. The van der Waals surface area contributed by atoms with E-state index >= 15 is 0 Å². The van der Waals surface area contributed by atoms with Gasteiger partial charge in [0.1, 0.15) is 23.7 Å². The van der Waals surface area contributed by atoms with Crippen LogP contribution in [0.3, 0.4) is 0 Å². The van der Waals surface area contributed by atoms with Crippen LogP contribution in [0.5, 0.6) is 0 Å². The van der Waals surface area contributed by atoms with Crippen LogP contribution < -0.4 is 15.6 Å². The second-order valence-corrected chi connectivity index (χ2v) is 7.07. The predicted molar refractivity (Wildman–Crippen MR) is 106 cm³/mol. The second-order valence-electron chi connectivity index (χ2n) is 7.07. The average Bonchev–Trinajstić information content (AvgIpc) is 2.79. The van der Waals surface area contributed by atoms with Gasteiger partial charge in [0.25, 0.3) is 5.91 Å². The lowest BCUT2D eigenvalue weighted by Gasteiger charge is -2.29. The van der Waals surface area contributed by atoms with Gasteiger partial charge in [-0.25, -0.2) is 14.2 Å². The standard InChI is InChI=1S/C21H22F2N4O3/c1-12(27(13(2)28)17-9-15(22)8-16(23)10-17)20(29)25-19-18-7-5-4-6-14(18)11-24-26(3)21(19)30/h4-10,12,19,24H,11H2,1-3H3,(H,25,29)/t12-,19?/m0/s1. The zero-order valence-electron chi connectivity index (χ0n) is 16.8. The van der Waals surface area contributed by atoms with Crippen molar-refractivity contribution < 1.29 is 23.2 Å². The van der Waals surface area contributed by atoms with E-state index in [0.717, 1.165) is 22.6 Å². The first-order valence-electron chi connectivity index (χ1n) is 9.34. The molecule has 0 bridgehead atoms. The van der Waals surface area contributed by atoms with Gasteiger partial charge in [-0.2, -0.15) is 0 Å². The van der Waals surface area contributed by atoms with Crippen LogP contribution in [0.2, 0.25) is 0 Å². The maximum absolute atomic E-state index is 13.7. The predicted octanol–water partition coefficient (Wildman–Crippen LogP) is 2.04. The highest BCUT2D eigenvalue weighted by molar-refractivity contribution is 6.00. The number of nitrogens with one attached hydrogen (secondary N) is 2. The van der Waals surface area contributed by atoms with Crippen LogP contribution >= 0.6 is 0 Å². The van der Waals surface area contributed by atoms with Crippen LogP contribution in [0.15, 0.2) is 42.5 Å². The van der Waals surface area contributed by atoms with Crippen LogP contribution in [0, 0.1) is 11.6 Å². The van der Waals surface area contributed by atoms with Gasteiger partial charge >= 0.3 is 0 Å². The summed E-state index contributed by atoms with van der Waals surface area (Å²) in [7, 11) is 1.55. The molecule has 0 radical (unpaired) electrons. The lowest BCUT2D eigenvalue weighted by molar-refractivity contribution is -0.138. The van der Waals surface area contributed by atoms with Gasteiger partial charge in [-0.1, -0.05) is 24.3 Å². The molecule has 0 saturated heterocycles. The molecule has 2 aromatic carbocycles. The third-order valence-electron chi connectivity index (χ3n) is 4.97. The molecule has 3 amide bonds. The van der Waals surface area contributed by atoms with Crippen LogP contribution in [0.4, 0.5) is 14.5 Å². The SMILES string of the molecule is CC(=O)N(c1cc(F)cc(F)c1)[C@@H](C)C(=O)NC1C(=O)N(C)NCc2ccccc21. The third kappa shape index (κ3) is 4.30. The number of fused-ring (bicyclic) bond motifs is 1. The molecule has 0 aromatic heterocycles. The van der Waals surface area contributed by atoms with Crippen LogP contribution in [0.1, 0.15) is 31.0 Å². The molecule has 30 heavy (non-hydrogen) atoms. The maximum Gasteiger partial charge on any atom is 0.263 e. The Morgan fingerprint density at radius 3 is 2.47 bits per heavy atom. The van der Waals surface area contributed by atoms with Crippen molar-refractivity contribution >= 4 is 23.4 Å². The van der Waals surface area contributed by atoms with E-state index in [1.54, 1.807) is 19.2 Å². The van der Waals surface area contributed by atoms with Crippen LogP contribution in [-0.2, 0) is 20.9 Å². The van der Waals surface area contributed by atoms with Gasteiger partial charge in [-0.15, -0.1) is 0 Å². The quantitative estimate of drug-likeness (QED) is 0.799. The largest absolute Gasteiger partial charge is 0.339 e. The van der Waals surface area contributed by atoms with E-state index in [2.05, 4.69) is 10.7 Å². The van der Waals surface area contributed by atoms with E-state index in [1.165, 1.54) is 18.9 Å². The minimum atomic E-state index is -1.12. The zero-order valence-corrected chi connectivity index (χ0v) is 16.8. The Balaban J connectivity index is 1.91. The van der Waals surface area contributed by atoms with E-state index in [9.17, 15) is 23.2 Å². The number of benzene rings is 2. The zero-order chi connectivity index (χ0) is 22.0. The Labute approximate surface area is 172 Å². The molecule has 0 saturated carbocycles. The summed E-state index contributed by atoms with van der Waals surface area (Å²) >= 11 is 0. The van der Waals surface area contributed by atoms with Crippen molar-refractivity contribution in [1.29, 1.82) is 0 Å². The number of likely N-dealkylation sites (N-methyl/N-ethyl adjacent to an activating group) is 1. The first-order valence-corrected chi connectivity index (χ1v) is 9.34. The van der Waals surface area contributed by atoms with Crippen molar-refractivity contribution in [2.75, 3.05) is 11.9 Å². The molecule has 9 heteroatoms. The molecule has 2 aromatic rings. The minimum absolute atomic E-state index is 0.0889. The van der Waals surface area contributed by atoms with Crippen LogP contribution in [0.25, 0.3) is 0 Å². The number of nitrogens with zero attached hydrogens (tertiary/aromatic N) is 2. The lowest BCUT2D eigenvalue weighted by Crippen LogP contribution is -2.51. The summed E-state index contributed by atoms with van der Waals surface area (Å²) in [5.74, 6) is -3.34. The normalized spacial score (nSPS) is 17.0. The number of hydrazine groups is 1. The molecular weight excluding hydrogens is 394 g/mol. The first-order chi connectivity index (χ1) is 14.2. The monoisotopic (exact) mass is 416 g/mol. The topological polar surface area (TPSA) is 81.8 Å². The molecule has 1 aliphatic heterocycles. The van der Waals surface area contributed by atoms with Gasteiger partial charge in [0.2, 0.25) is 11.8 Å². The van der Waals surface area contributed by atoms with Crippen molar-refractivity contribution in [3.05, 3.63) is 65.2 Å². The second kappa shape index (κ2) is 8.58. The Kier molecular flexibility index (Phi) is 6.12. The molecule has 3 rings (SSSR count). The fraction of sp³-hybridized carbons (Fsp3) is 0.286. The highest BCUT2D eigenvalue weighted by atomic mass is 19.1. The summed E-state index contributed by atoms with van der Waals surface area (Å²) in [4.78, 5) is 39.0. The summed E-state index contributed by atoms with van der Waals surface area (Å²) in [6.07, 6.45) is 0. The number of halogens is 2. The highest BCUT2D eigenvalue weighted by Gasteiger charge is 2.33. The van der Waals surface area contributed by atoms with Crippen molar-refractivity contribution in [2.45, 2.75) is 32.5 Å². The molecule has 2 N–H and O–H groups in total. The molecule has 1 aliphatic rings. The molecule has 0 fully saturated rings. The fourth-order valence-corrected chi connectivity index (χ4v) is 3.46. The highest BCUT2D eigenvalue weighted by Crippen LogP contribution is 2.25. The summed E-state index contributed by atoms with van der Waals surface area (Å²) in [6.45, 7) is 3.02. The maximum atomic E-state index is 13.7. The molecular formula is C21H22F2N4O3. The number of carbonyl (C=O) groups excluding carboxylic acids is 3. The number of hydrogen-bond donors (Lipinski definition) is 2. The molecule has 7 nitrogen and oxygen atoms in total. The average molecular weight is 416 g/mol. The summed E-state index contributed by atoms with van der Waals surface area (Å²) in [6, 6.07) is 7.69. The molecule has 2 atom stereocenters. The Hall–Kier alpha value is -3.33. The molecule has 1 unspecified atom stereocenters. The Bertz CT molecular complexity index is 978. The smallest absolute Gasteiger partial charge is 0.263 e. The van der Waals surface area contributed by atoms with Gasteiger partial charge in [0.05, 0.1) is 5.69 Å². The van der Waals surface area contributed by atoms with Crippen molar-refractivity contribution in [2.24, 2.45) is 0 Å². The van der Waals surface area contributed by atoms with Crippen molar-refractivity contribution in [3.63, 3.8) is 0 Å². The summed E-state index contributed by atoms with van der Waals surface area (Å²) < 4.78 is 27.3. The molecule has 0 spiro atoms. The van der Waals surface area contributed by atoms with E-state index in [4.69, 9.17) is 0 Å². The number of anilines is 1. The van der Waals surface area contributed by atoms with Gasteiger partial charge in [0.15, 0.2) is 0 Å². The van der Waals surface area contributed by atoms with E-state index in [1.807, 2.05) is 12.1 Å². The Morgan fingerprint density at radius 2 is 1.83 bits per heavy atom. The molecule has 0 aliphatic carbocycles. The summed E-state index contributed by atoms with van der Waals surface area (Å²) in [5, 5.41) is 3.97. The number of amides is 3. The first kappa shape index (κ1) is 21.4. The number of rotatable bonds is 4. The molecule has 1 heterocycles. The van der Waals surface area contributed by atoms with E-state index in [0.29, 0.717) is 18.2 Å². The van der Waals surface area contributed by atoms with E-state index < -0.39 is 35.5 Å². The van der Waals surface area contributed by atoms with Gasteiger partial charge in [0, 0.05) is 26.6 Å². The Morgan fingerprint density at radius 1 is 1.20 bits per heavy atom. The van der Waals surface area contributed by atoms with Crippen molar-refractivity contribution in [3.8, 4) is 0 Å². The minimum Gasteiger partial charge on any atom is -0.339 e. The fourth-order valence-electron chi connectivity index (χ4n) is 3.46. The number of hydrogen-bond acceptors (Lipinski definition) is 4. The van der Waals surface area contributed by atoms with Gasteiger partial charge in [-0.3, -0.25) is 19.4 Å². The molecule has 158 valence electrons. The van der Waals surface area contributed by atoms with Crippen LogP contribution in [-0.4, -0.2) is 35.8 Å². The van der Waals surface area contributed by atoms with Gasteiger partial charge in [-0.05, 0) is 30.2 Å². The summed E-state index contributed by atoms with van der Waals surface area (Å²) in [5.41, 5.74) is 4.33. The lowest BCUT2D eigenvalue weighted by atomic mass is 9.99. The van der Waals surface area contributed by atoms with Gasteiger partial charge < -0.3 is 10.2 Å². The van der Waals surface area contributed by atoms with E-state index in [-0.39, 0.29) is 11.6 Å².